The molecule has 3 rings (SSSR count). The Morgan fingerprint density at radius 1 is 1.24 bits per heavy atom. The van der Waals surface area contributed by atoms with E-state index in [4.69, 9.17) is 4.74 Å². The molecule has 0 radical (unpaired) electrons. The van der Waals surface area contributed by atoms with Crippen LogP contribution in [0.4, 0.5) is 4.79 Å². The van der Waals surface area contributed by atoms with Gasteiger partial charge in [0.05, 0.1) is 13.2 Å². The van der Waals surface area contributed by atoms with E-state index in [9.17, 15) is 4.79 Å². The number of nitrogens with one attached hydrogen (secondary N) is 1. The first-order chi connectivity index (χ1) is 10.2. The number of ether oxygens (including phenoxy) is 1. The molecule has 1 aromatic rings. The Kier molecular flexibility index (Phi) is 4.44. The average Bonchev–Trinajstić information content (AvgIpc) is 3.01. The third-order valence-corrected chi connectivity index (χ3v) is 4.49. The van der Waals surface area contributed by atoms with Crippen LogP contribution >= 0.6 is 0 Å². The Hall–Kier alpha value is -1.55. The summed E-state index contributed by atoms with van der Waals surface area (Å²) in [6.07, 6.45) is 4.71. The summed E-state index contributed by atoms with van der Waals surface area (Å²) in [5.41, 5.74) is 2.39. The van der Waals surface area contributed by atoms with E-state index in [1.165, 1.54) is 18.4 Å². The lowest BCUT2D eigenvalue weighted by atomic mass is 10.1. The number of hydrogen-bond donors (Lipinski definition) is 1. The van der Waals surface area contributed by atoms with Gasteiger partial charge in [0.2, 0.25) is 0 Å². The smallest absolute Gasteiger partial charge is 0.317 e. The molecule has 1 heterocycles. The van der Waals surface area contributed by atoms with Gasteiger partial charge < -0.3 is 15.0 Å². The summed E-state index contributed by atoms with van der Waals surface area (Å²) < 4.78 is 5.83. The highest BCUT2D eigenvalue weighted by Gasteiger charge is 2.27. The minimum absolute atomic E-state index is 0.00585. The molecule has 0 aromatic heterocycles. The molecule has 2 fully saturated rings. The van der Waals surface area contributed by atoms with Crippen LogP contribution in [0.1, 0.15) is 42.9 Å². The quantitative estimate of drug-likeness (QED) is 0.909. The van der Waals surface area contributed by atoms with Crippen molar-refractivity contribution in [3.05, 3.63) is 35.4 Å². The number of carbonyl (C=O) groups is 1. The summed E-state index contributed by atoms with van der Waals surface area (Å²) in [5, 5.41) is 3.16. The molecular weight excluding hydrogens is 264 g/mol. The van der Waals surface area contributed by atoms with Crippen molar-refractivity contribution in [3.8, 4) is 0 Å². The summed E-state index contributed by atoms with van der Waals surface area (Å²) in [6, 6.07) is 8.82. The highest BCUT2D eigenvalue weighted by Crippen LogP contribution is 2.23. The normalized spacial score (nSPS) is 23.3. The minimum Gasteiger partial charge on any atom is -0.370 e. The molecule has 1 atom stereocenters. The van der Waals surface area contributed by atoms with Crippen LogP contribution in [0.5, 0.6) is 0 Å². The second kappa shape index (κ2) is 6.48. The SMILES string of the molecule is Cc1ccc(C2CN(C(=O)NC3CCCC3)CCO2)cc1. The third-order valence-electron chi connectivity index (χ3n) is 4.49. The topological polar surface area (TPSA) is 41.6 Å². The van der Waals surface area contributed by atoms with Gasteiger partial charge in [-0.3, -0.25) is 0 Å². The van der Waals surface area contributed by atoms with Crippen molar-refractivity contribution >= 4 is 6.03 Å². The molecule has 1 aliphatic heterocycles. The first-order valence-corrected chi connectivity index (χ1v) is 7.96. The minimum atomic E-state index is -0.00585. The lowest BCUT2D eigenvalue weighted by molar-refractivity contribution is -0.0157. The van der Waals surface area contributed by atoms with Gasteiger partial charge in [-0.15, -0.1) is 0 Å². The molecule has 1 aliphatic carbocycles. The molecule has 4 nitrogen and oxygen atoms in total. The van der Waals surface area contributed by atoms with Crippen molar-refractivity contribution in [2.45, 2.75) is 44.8 Å². The zero-order chi connectivity index (χ0) is 14.7. The predicted molar refractivity (Wildman–Crippen MR) is 82.2 cm³/mol. The van der Waals surface area contributed by atoms with Crippen LogP contribution in [0.2, 0.25) is 0 Å². The van der Waals surface area contributed by atoms with Crippen molar-refractivity contribution in [2.24, 2.45) is 0 Å². The molecule has 114 valence electrons. The zero-order valence-electron chi connectivity index (χ0n) is 12.7. The number of urea groups is 1. The van der Waals surface area contributed by atoms with E-state index < -0.39 is 0 Å². The van der Waals surface area contributed by atoms with Gasteiger partial charge in [-0.05, 0) is 25.3 Å². The number of nitrogens with zero attached hydrogens (tertiary/aromatic N) is 1. The third kappa shape index (κ3) is 3.56. The van der Waals surface area contributed by atoms with Gasteiger partial charge in [0.25, 0.3) is 0 Å². The van der Waals surface area contributed by atoms with Crippen LogP contribution < -0.4 is 5.32 Å². The Morgan fingerprint density at radius 3 is 2.67 bits per heavy atom. The number of carbonyl (C=O) groups excluding carboxylic acids is 1. The number of rotatable bonds is 2. The number of morpholine rings is 1. The van der Waals surface area contributed by atoms with Gasteiger partial charge >= 0.3 is 6.03 Å². The van der Waals surface area contributed by atoms with Crippen LogP contribution in [-0.4, -0.2) is 36.7 Å². The fourth-order valence-corrected chi connectivity index (χ4v) is 3.15. The van der Waals surface area contributed by atoms with Crippen molar-refractivity contribution in [2.75, 3.05) is 19.7 Å². The molecule has 2 amide bonds. The Balaban J connectivity index is 1.59. The van der Waals surface area contributed by atoms with E-state index in [1.807, 2.05) is 4.90 Å². The molecule has 1 aromatic carbocycles. The largest absolute Gasteiger partial charge is 0.370 e. The second-order valence-electron chi connectivity index (χ2n) is 6.15. The first-order valence-electron chi connectivity index (χ1n) is 7.96. The van der Waals surface area contributed by atoms with Crippen LogP contribution in [0, 0.1) is 6.92 Å². The molecule has 1 saturated heterocycles. The summed E-state index contributed by atoms with van der Waals surface area (Å²) in [7, 11) is 0. The van der Waals surface area contributed by atoms with Crippen LogP contribution in [0.25, 0.3) is 0 Å². The summed E-state index contributed by atoms with van der Waals surface area (Å²) >= 11 is 0. The molecule has 0 bridgehead atoms. The van der Waals surface area contributed by atoms with Gasteiger partial charge in [0.15, 0.2) is 0 Å². The van der Waals surface area contributed by atoms with E-state index in [2.05, 4.69) is 36.5 Å². The van der Waals surface area contributed by atoms with E-state index in [1.54, 1.807) is 0 Å². The lowest BCUT2D eigenvalue weighted by Gasteiger charge is -2.34. The summed E-state index contributed by atoms with van der Waals surface area (Å²) in [6.45, 7) is 4.01. The maximum atomic E-state index is 12.3. The first kappa shape index (κ1) is 14.4. The van der Waals surface area contributed by atoms with E-state index in [0.717, 1.165) is 18.4 Å². The number of amides is 2. The zero-order valence-corrected chi connectivity index (χ0v) is 12.7. The second-order valence-corrected chi connectivity index (χ2v) is 6.15. The standard InChI is InChI=1S/C17H24N2O2/c1-13-6-8-14(9-7-13)16-12-19(10-11-21-16)17(20)18-15-4-2-3-5-15/h6-9,15-16H,2-5,10-12H2,1H3,(H,18,20). The van der Waals surface area contributed by atoms with Crippen LogP contribution in [0.15, 0.2) is 24.3 Å². The van der Waals surface area contributed by atoms with Crippen LogP contribution in [0.3, 0.4) is 0 Å². The summed E-state index contributed by atoms with van der Waals surface area (Å²) in [4.78, 5) is 14.2. The Labute approximate surface area is 126 Å². The van der Waals surface area contributed by atoms with Crippen LogP contribution in [-0.2, 0) is 4.74 Å². The van der Waals surface area contributed by atoms with E-state index >= 15 is 0 Å². The fraction of sp³-hybridized carbons (Fsp3) is 0.588. The number of aryl methyl sites for hydroxylation is 1. The molecule has 1 N–H and O–H groups in total. The van der Waals surface area contributed by atoms with Gasteiger partial charge in [0.1, 0.15) is 6.10 Å². The number of benzene rings is 1. The highest BCUT2D eigenvalue weighted by atomic mass is 16.5. The van der Waals surface area contributed by atoms with Gasteiger partial charge in [-0.1, -0.05) is 42.7 Å². The molecule has 1 saturated carbocycles. The van der Waals surface area contributed by atoms with Gasteiger partial charge in [0, 0.05) is 12.6 Å². The van der Waals surface area contributed by atoms with Gasteiger partial charge in [-0.2, -0.15) is 0 Å². The highest BCUT2D eigenvalue weighted by molar-refractivity contribution is 5.74. The molecule has 1 unspecified atom stereocenters. The predicted octanol–water partition coefficient (Wildman–Crippen LogP) is 3.02. The molecular formula is C17H24N2O2. The van der Waals surface area contributed by atoms with Gasteiger partial charge in [-0.25, -0.2) is 4.79 Å². The Bertz CT molecular complexity index is 480. The summed E-state index contributed by atoms with van der Waals surface area (Å²) in [5.74, 6) is 0. The maximum absolute atomic E-state index is 12.3. The molecule has 21 heavy (non-hydrogen) atoms. The Morgan fingerprint density at radius 2 is 1.95 bits per heavy atom. The average molecular weight is 288 g/mol. The molecule has 4 heteroatoms. The molecule has 2 aliphatic rings. The van der Waals surface area contributed by atoms with Crippen molar-refractivity contribution in [3.63, 3.8) is 0 Å². The molecule has 0 spiro atoms. The van der Waals surface area contributed by atoms with Crippen molar-refractivity contribution in [1.82, 2.24) is 10.2 Å². The van der Waals surface area contributed by atoms with E-state index in [-0.39, 0.29) is 12.1 Å². The monoisotopic (exact) mass is 288 g/mol. The van der Waals surface area contributed by atoms with Crippen molar-refractivity contribution in [1.29, 1.82) is 0 Å². The lowest BCUT2D eigenvalue weighted by Crippen LogP contribution is -2.49. The maximum Gasteiger partial charge on any atom is 0.317 e. The number of hydrogen-bond acceptors (Lipinski definition) is 2. The van der Waals surface area contributed by atoms with E-state index in [0.29, 0.717) is 25.7 Å². The fourth-order valence-electron chi connectivity index (χ4n) is 3.15. The van der Waals surface area contributed by atoms with Crippen molar-refractivity contribution < 1.29 is 9.53 Å².